The van der Waals surface area contributed by atoms with E-state index in [1.807, 2.05) is 38.0 Å². The summed E-state index contributed by atoms with van der Waals surface area (Å²) in [5, 5.41) is 116. The molecule has 0 heterocycles. The van der Waals surface area contributed by atoms with E-state index >= 15 is 0 Å². The molecule has 0 saturated carbocycles. The van der Waals surface area contributed by atoms with E-state index in [2.05, 4.69) is 0 Å². The zero-order valence-corrected chi connectivity index (χ0v) is 69.9. The maximum absolute atomic E-state index is 10.4. The average Bonchev–Trinajstić information content (AvgIpc) is 3.28. The van der Waals surface area contributed by atoms with E-state index < -0.39 is 88.2 Å². The number of hydrogen-bond donors (Lipinski definition) is 0. The molecule has 0 N–H and O–H groups in total. The fourth-order valence-corrected chi connectivity index (χ4v) is 4.09. The molecule has 34 heteroatoms. The van der Waals surface area contributed by atoms with Gasteiger partial charge in [-0.2, -0.15) is 0 Å². The van der Waals surface area contributed by atoms with Crippen LogP contribution in [0.15, 0.2) is 109 Å². The van der Waals surface area contributed by atoms with Gasteiger partial charge in [0.05, 0.1) is 11.9 Å². The summed E-state index contributed by atoms with van der Waals surface area (Å²) in [6.45, 7) is 32.2. The van der Waals surface area contributed by atoms with Crippen molar-refractivity contribution in [3.8, 4) is 0 Å². The Bertz CT molecular complexity index is 1860. The molecule has 0 aliphatic carbocycles. The standard InChI is InChI=1S/2C9H11NO2.2C6H7O3P.10C3H7O.4O.6Ti/c2*1-10(2)8-5-3-7(4-6-8)9(11)12;2*7-10(8,9)6-4-2-1-3-5-6;10*1-3(2)4;;;;;;;;;;/h2*3-6H,1-2H3,(H,11,12);2*1-5H,(H2,7,8,9);10*3H,1-2H3;;;;;;;;;;/q;;;;10*-1;4*-2;6*+4/p-6. The van der Waals surface area contributed by atoms with E-state index in [0.717, 1.165) is 11.4 Å². The third kappa shape index (κ3) is 186. The SMILES string of the molecule is CC(C)[O-].CC(C)[O-].CC(C)[O-].CC(C)[O-].CC(C)[O-].CC(C)[O-].CC(C)[O-].CC(C)[O-].CC(C)[O-].CC(C)[O-].CN(C)c1ccc(C(=O)[O-])cc1.CN(C)c1ccc(C(=O)[O-])cc1.O=P([O-])([O-])c1ccccc1.O=P([O-])([O-])c1ccccc1.[O-2].[O-2].[O-2].[O-2].[Ti+4].[Ti+4].[Ti+4].[Ti+4].[Ti+4].[Ti+4]. The van der Waals surface area contributed by atoms with Gasteiger partial charge >= 0.3 is 130 Å². The maximum Gasteiger partial charge on any atom is 4.00 e. The van der Waals surface area contributed by atoms with Gasteiger partial charge in [0.2, 0.25) is 0 Å². The molecule has 4 aromatic rings. The molecule has 0 bridgehead atoms. The Kier molecular flexibility index (Phi) is 152. The van der Waals surface area contributed by atoms with Gasteiger partial charge in [0.1, 0.15) is 0 Å². The number of carboxylic acids is 2. The van der Waals surface area contributed by atoms with Gasteiger partial charge in [-0.15, -0.1) is 61.0 Å². The van der Waals surface area contributed by atoms with Crippen LogP contribution in [0.25, 0.3) is 0 Å². The normalized spacial score (nSPS) is 8.68. The summed E-state index contributed by atoms with van der Waals surface area (Å²) in [5.41, 5.74) is 2.36. The first-order valence-electron chi connectivity index (χ1n) is 26.5. The number of benzene rings is 4. The van der Waals surface area contributed by atoms with Crippen molar-refractivity contribution in [1.29, 1.82) is 0 Å². The minimum absolute atomic E-state index is 0. The summed E-state index contributed by atoms with van der Waals surface area (Å²) in [6.07, 6.45) is -4.17. The second-order valence-electron chi connectivity index (χ2n) is 19.6. The quantitative estimate of drug-likeness (QED) is 0.130. The molecule has 0 spiro atoms. The number of carboxylic acid groups (broad SMARTS) is 2. The molecule has 0 radical (unpaired) electrons. The fraction of sp³-hybridized carbons (Fsp3) is 0.567. The number of hydrogen-bond acceptors (Lipinski definition) is 22. The second kappa shape index (κ2) is 96.6. The van der Waals surface area contributed by atoms with Gasteiger partial charge in [-0.05, 0) is 61.2 Å². The van der Waals surface area contributed by atoms with E-state index in [9.17, 15) is 99.6 Å². The van der Waals surface area contributed by atoms with E-state index in [1.54, 1.807) is 175 Å². The van der Waals surface area contributed by atoms with E-state index in [-0.39, 0.29) is 174 Å². The molecule has 528 valence electrons. The Morgan fingerprint density at radius 3 is 0.479 bits per heavy atom. The summed E-state index contributed by atoms with van der Waals surface area (Å²) in [5.74, 6) is -2.28. The number of carbonyl (C=O) groups excluding carboxylic acids is 2. The van der Waals surface area contributed by atoms with Crippen molar-refractivity contribution in [3.05, 3.63) is 120 Å². The van der Waals surface area contributed by atoms with Crippen LogP contribution in [-0.4, -0.2) is 101 Å². The molecule has 0 fully saturated rings. The van der Waals surface area contributed by atoms with Crippen molar-refractivity contribution in [2.45, 2.75) is 200 Å². The Morgan fingerprint density at radius 2 is 0.404 bits per heavy atom. The molecule has 0 unspecified atom stereocenters. The molecule has 0 aromatic heterocycles. The first kappa shape index (κ1) is 148. The summed E-state index contributed by atoms with van der Waals surface area (Å²) >= 11 is 0. The zero-order valence-electron chi connectivity index (χ0n) is 58.8. The monoisotopic (exact) mass is 1580 g/mol. The zero-order chi connectivity index (χ0) is 69.3. The van der Waals surface area contributed by atoms with Crippen molar-refractivity contribution in [2.24, 2.45) is 0 Å². The summed E-state index contributed by atoms with van der Waals surface area (Å²) < 4.78 is 20.6. The number of anilines is 2. The van der Waals surface area contributed by atoms with Gasteiger partial charge in [0, 0.05) is 39.6 Å². The van der Waals surface area contributed by atoms with Crippen molar-refractivity contribution < 1.29 is 252 Å². The van der Waals surface area contributed by atoms with Crippen LogP contribution in [0.5, 0.6) is 0 Å². The van der Waals surface area contributed by atoms with E-state index in [4.69, 9.17) is 0 Å². The van der Waals surface area contributed by atoms with Crippen LogP contribution in [-0.2, 0) is 161 Å². The fourth-order valence-electron chi connectivity index (χ4n) is 3.01. The first-order chi connectivity index (χ1) is 37.7. The van der Waals surface area contributed by atoms with Crippen LogP contribution < -0.4 is 101 Å². The van der Waals surface area contributed by atoms with Crippen molar-refractivity contribution in [1.82, 2.24) is 0 Å². The van der Waals surface area contributed by atoms with Crippen LogP contribution in [0.4, 0.5) is 11.4 Å². The number of aromatic carboxylic acids is 2. The van der Waals surface area contributed by atoms with Gasteiger partial charge in [0.25, 0.3) is 0 Å². The van der Waals surface area contributed by atoms with Crippen LogP contribution in [0.1, 0.15) is 159 Å². The van der Waals surface area contributed by atoms with Crippen LogP contribution in [0.3, 0.4) is 0 Å². The molecular formula is C60H100N2O24P2Ti6. The van der Waals surface area contributed by atoms with Crippen molar-refractivity contribution in [3.63, 3.8) is 0 Å². The molecule has 4 aromatic carbocycles. The topological polar surface area (TPSA) is 558 Å². The molecule has 0 aliphatic heterocycles. The summed E-state index contributed by atoms with van der Waals surface area (Å²) in [6, 6.07) is 27.6. The number of rotatable bonds is 6. The molecule has 0 amide bonds. The van der Waals surface area contributed by atoms with Crippen LogP contribution >= 0.6 is 15.2 Å². The molecule has 94 heavy (non-hydrogen) atoms. The molecular weight excluding hydrogens is 1480 g/mol. The maximum atomic E-state index is 10.4. The molecule has 0 saturated heterocycles. The summed E-state index contributed by atoms with van der Waals surface area (Å²) in [7, 11) is -1.45. The van der Waals surface area contributed by atoms with Gasteiger partial charge in [0.15, 0.2) is 0 Å². The Balaban J connectivity index is -0.0000000355. The Hall–Kier alpha value is -0.554. The van der Waals surface area contributed by atoms with Crippen LogP contribution in [0.2, 0.25) is 0 Å². The van der Waals surface area contributed by atoms with E-state index in [1.165, 1.54) is 72.8 Å². The van der Waals surface area contributed by atoms with Gasteiger partial charge in [-0.25, -0.2) is 0 Å². The molecule has 26 nitrogen and oxygen atoms in total. The van der Waals surface area contributed by atoms with E-state index in [0.29, 0.717) is 0 Å². The minimum atomic E-state index is -4.52. The largest absolute Gasteiger partial charge is 4.00 e. The third-order valence-electron chi connectivity index (χ3n) is 5.38. The van der Waals surface area contributed by atoms with Crippen molar-refractivity contribution >= 4 is 49.1 Å². The van der Waals surface area contributed by atoms with Gasteiger partial charge < -0.3 is 131 Å². The summed E-state index contributed by atoms with van der Waals surface area (Å²) in [4.78, 5) is 65.7. The number of carbonyl (C=O) groups is 2. The Morgan fingerprint density at radius 1 is 0.287 bits per heavy atom. The smallest absolute Gasteiger partial charge is 2.00 e. The third-order valence-corrected chi connectivity index (χ3v) is 7.24. The van der Waals surface area contributed by atoms with Crippen molar-refractivity contribution in [2.75, 3.05) is 38.0 Å². The molecule has 0 atom stereocenters. The second-order valence-corrected chi connectivity index (χ2v) is 22.6. The average molecular weight is 1580 g/mol. The molecule has 4 rings (SSSR count). The number of nitrogens with zero attached hydrogens (tertiary/aromatic N) is 2. The predicted molar refractivity (Wildman–Crippen MR) is 312 cm³/mol. The Labute approximate surface area is 652 Å². The minimum Gasteiger partial charge on any atom is -2.00 e. The molecule has 0 aliphatic rings. The first-order valence-corrected chi connectivity index (χ1v) is 29.5. The van der Waals surface area contributed by atoms with Gasteiger partial charge in [-0.1, -0.05) is 223 Å². The predicted octanol–water partition coefficient (Wildman–Crippen LogP) is -4.26. The van der Waals surface area contributed by atoms with Crippen LogP contribution in [0, 0.1) is 0 Å². The van der Waals surface area contributed by atoms with Gasteiger partial charge in [-0.3, -0.25) is 0 Å².